The molecule has 6 rings (SSSR count). The van der Waals surface area contributed by atoms with E-state index in [9.17, 15) is 5.11 Å². The quantitative estimate of drug-likeness (QED) is 0.167. The van der Waals surface area contributed by atoms with Crippen LogP contribution in [-0.2, 0) is 26.5 Å². The molecule has 0 spiro atoms. The molecule has 0 saturated heterocycles. The van der Waals surface area contributed by atoms with E-state index < -0.39 is 0 Å². The van der Waals surface area contributed by atoms with E-state index in [1.165, 1.54) is 0 Å². The van der Waals surface area contributed by atoms with Gasteiger partial charge in [0.15, 0.2) is 0 Å². The number of nitrogens with zero attached hydrogens (tertiary/aromatic N) is 3. The summed E-state index contributed by atoms with van der Waals surface area (Å²) in [6, 6.07) is 47.7. The van der Waals surface area contributed by atoms with Crippen molar-refractivity contribution >= 4 is 17.2 Å². The molecule has 4 aromatic carbocycles. The molecule has 0 saturated carbocycles. The second-order valence-corrected chi connectivity index (χ2v) is 10.4. The topological polar surface area (TPSA) is 49.2 Å². The number of phenols is 1. The Bertz CT molecular complexity index is 1730. The van der Waals surface area contributed by atoms with E-state index in [1.807, 2.05) is 109 Å². The van der Waals surface area contributed by atoms with Crippen LogP contribution in [0.3, 0.4) is 0 Å². The summed E-state index contributed by atoms with van der Waals surface area (Å²) in [4.78, 5) is 11.7. The molecule has 2 heterocycles. The number of hydrogen-bond acceptors (Lipinski definition) is 4. The largest absolute Gasteiger partial charge is 0.507 e. The van der Waals surface area contributed by atoms with Crippen molar-refractivity contribution in [2.24, 2.45) is 0 Å². The number of aromatic nitrogens is 2. The Labute approximate surface area is 261 Å². The fourth-order valence-electron chi connectivity index (χ4n) is 5.19. The minimum atomic E-state index is -0.382. The fraction of sp³-hybridized carbons (Fsp3) is 0.0811. The number of hydrogen-bond donors (Lipinski definition) is 1. The minimum Gasteiger partial charge on any atom is -0.507 e. The fourth-order valence-corrected chi connectivity index (χ4v) is 5.19. The standard InChI is InChI=1S/C37H30N3O.Pt/c1-37(2,28-15-5-3-6-16-28)32-21-12-20-31(36(32)41)34-23-13-22-33(39-34)27-14-11-19-30(26-27)40(29-17-7-4-8-18-29)35-24-9-10-25-38-35;/h3-25,41H,1-2H3;/q-1;. The summed E-state index contributed by atoms with van der Waals surface area (Å²) in [5.41, 5.74) is 6.48. The van der Waals surface area contributed by atoms with Gasteiger partial charge < -0.3 is 10.0 Å². The Hall–Kier alpha value is -4.53. The molecule has 0 bridgehead atoms. The van der Waals surface area contributed by atoms with Crippen molar-refractivity contribution in [3.05, 3.63) is 157 Å². The molecule has 210 valence electrons. The van der Waals surface area contributed by atoms with E-state index in [1.54, 1.807) is 6.20 Å². The van der Waals surface area contributed by atoms with Gasteiger partial charge in [-0.05, 0) is 53.3 Å². The molecule has 2 aromatic heterocycles. The predicted octanol–water partition coefficient (Wildman–Crippen LogP) is 9.11. The van der Waals surface area contributed by atoms with Gasteiger partial charge in [0.05, 0.1) is 5.69 Å². The smallest absolute Gasteiger partial charge is 0.136 e. The monoisotopic (exact) mass is 727 g/mol. The normalized spacial score (nSPS) is 11.0. The van der Waals surface area contributed by atoms with Gasteiger partial charge in [-0.2, -0.15) is 0 Å². The van der Waals surface area contributed by atoms with Crippen LogP contribution in [0, 0.1) is 6.07 Å². The molecule has 0 amide bonds. The summed E-state index contributed by atoms with van der Waals surface area (Å²) in [6.45, 7) is 4.26. The number of rotatable bonds is 7. The molecule has 4 nitrogen and oxygen atoms in total. The Kier molecular flexibility index (Phi) is 8.66. The number of phenolic OH excluding ortho intramolecular Hbond substituents is 1. The Morgan fingerprint density at radius 2 is 1.33 bits per heavy atom. The maximum atomic E-state index is 11.5. The summed E-state index contributed by atoms with van der Waals surface area (Å²) in [5, 5.41) is 11.5. The Morgan fingerprint density at radius 3 is 2.07 bits per heavy atom. The first-order valence-electron chi connectivity index (χ1n) is 13.7. The number of pyridine rings is 2. The maximum Gasteiger partial charge on any atom is 0.136 e. The third-order valence-corrected chi connectivity index (χ3v) is 7.42. The van der Waals surface area contributed by atoms with Crippen molar-refractivity contribution < 1.29 is 26.2 Å². The number of aromatic hydroxyl groups is 1. The van der Waals surface area contributed by atoms with Gasteiger partial charge in [-0.25, -0.2) is 4.98 Å². The van der Waals surface area contributed by atoms with Crippen LogP contribution >= 0.6 is 0 Å². The van der Waals surface area contributed by atoms with E-state index in [-0.39, 0.29) is 32.2 Å². The first-order chi connectivity index (χ1) is 20.0. The van der Waals surface area contributed by atoms with Gasteiger partial charge in [-0.3, -0.25) is 4.98 Å². The summed E-state index contributed by atoms with van der Waals surface area (Å²) in [7, 11) is 0. The van der Waals surface area contributed by atoms with Gasteiger partial charge in [0.1, 0.15) is 11.6 Å². The van der Waals surface area contributed by atoms with Gasteiger partial charge in [-0.1, -0.05) is 92.7 Å². The molecule has 1 N–H and O–H groups in total. The van der Waals surface area contributed by atoms with Crippen LogP contribution in [0.25, 0.3) is 22.5 Å². The third-order valence-electron chi connectivity index (χ3n) is 7.42. The zero-order valence-electron chi connectivity index (χ0n) is 23.4. The van der Waals surface area contributed by atoms with Crippen LogP contribution < -0.4 is 4.90 Å². The summed E-state index contributed by atoms with van der Waals surface area (Å²) < 4.78 is 0. The molecule has 42 heavy (non-hydrogen) atoms. The van der Waals surface area contributed by atoms with Gasteiger partial charge in [0.25, 0.3) is 0 Å². The van der Waals surface area contributed by atoms with Crippen molar-refractivity contribution in [1.29, 1.82) is 0 Å². The second-order valence-electron chi connectivity index (χ2n) is 10.4. The average Bonchev–Trinajstić information content (AvgIpc) is 3.03. The molecular weight excluding hydrogens is 698 g/mol. The molecule has 5 heteroatoms. The summed E-state index contributed by atoms with van der Waals surface area (Å²) >= 11 is 0. The van der Waals surface area contributed by atoms with Crippen LogP contribution in [0.15, 0.2) is 140 Å². The first kappa shape index (κ1) is 29.0. The maximum absolute atomic E-state index is 11.5. The molecular formula is C37H30N3OPt-. The van der Waals surface area contributed by atoms with E-state index in [0.717, 1.165) is 39.6 Å². The Morgan fingerprint density at radius 1 is 0.667 bits per heavy atom. The second kappa shape index (κ2) is 12.5. The SMILES string of the molecule is CC(C)(c1ccccc1)c1cccc(-c2cccc(-c3[c-]c(N(c4ccccc4)c4ccccn4)ccc3)n2)c1O.[Pt]. The molecule has 0 unspecified atom stereocenters. The zero-order valence-corrected chi connectivity index (χ0v) is 25.7. The van der Waals surface area contributed by atoms with Crippen LogP contribution in [0.1, 0.15) is 25.0 Å². The number of benzene rings is 4. The average molecular weight is 728 g/mol. The number of para-hydroxylation sites is 2. The van der Waals surface area contributed by atoms with Crippen molar-refractivity contribution in [2.45, 2.75) is 19.3 Å². The van der Waals surface area contributed by atoms with Crippen molar-refractivity contribution in [3.8, 4) is 28.3 Å². The van der Waals surface area contributed by atoms with Crippen LogP contribution in [0.2, 0.25) is 0 Å². The van der Waals surface area contributed by atoms with Crippen LogP contribution in [0.4, 0.5) is 17.2 Å². The van der Waals surface area contributed by atoms with Crippen LogP contribution in [0.5, 0.6) is 5.75 Å². The van der Waals surface area contributed by atoms with E-state index in [0.29, 0.717) is 11.3 Å². The van der Waals surface area contributed by atoms with Crippen molar-refractivity contribution in [3.63, 3.8) is 0 Å². The zero-order chi connectivity index (χ0) is 28.2. The molecule has 0 aliphatic heterocycles. The third kappa shape index (κ3) is 5.77. The van der Waals surface area contributed by atoms with E-state index in [4.69, 9.17) is 4.98 Å². The molecule has 6 aromatic rings. The van der Waals surface area contributed by atoms with Crippen molar-refractivity contribution in [2.75, 3.05) is 4.90 Å². The van der Waals surface area contributed by atoms with E-state index in [2.05, 4.69) is 54.1 Å². The predicted molar refractivity (Wildman–Crippen MR) is 167 cm³/mol. The minimum absolute atomic E-state index is 0. The van der Waals surface area contributed by atoms with Crippen molar-refractivity contribution in [1.82, 2.24) is 9.97 Å². The van der Waals surface area contributed by atoms with Gasteiger partial charge in [0.2, 0.25) is 0 Å². The van der Waals surface area contributed by atoms with Gasteiger partial charge in [0, 0.05) is 49.5 Å². The van der Waals surface area contributed by atoms with Gasteiger partial charge in [-0.15, -0.1) is 29.8 Å². The Balaban J connectivity index is 0.00000353. The molecule has 0 aliphatic carbocycles. The van der Waals surface area contributed by atoms with Gasteiger partial charge >= 0.3 is 0 Å². The molecule has 0 aliphatic rings. The first-order valence-corrected chi connectivity index (χ1v) is 13.7. The summed E-state index contributed by atoms with van der Waals surface area (Å²) in [6.07, 6.45) is 1.79. The van der Waals surface area contributed by atoms with E-state index >= 15 is 0 Å². The van der Waals surface area contributed by atoms with Crippen LogP contribution in [-0.4, -0.2) is 15.1 Å². The number of anilines is 3. The summed E-state index contributed by atoms with van der Waals surface area (Å²) in [5.74, 6) is 1.05. The molecule has 0 radical (unpaired) electrons. The molecule has 0 fully saturated rings. The molecule has 0 atom stereocenters.